The van der Waals surface area contributed by atoms with Crippen molar-refractivity contribution in [3.05, 3.63) is 11.4 Å². The summed E-state index contributed by atoms with van der Waals surface area (Å²) in [4.78, 5) is 0. The van der Waals surface area contributed by atoms with Gasteiger partial charge in [0.2, 0.25) is 0 Å². The second-order valence-corrected chi connectivity index (χ2v) is 3.82. The maximum atomic E-state index is 5.59. The van der Waals surface area contributed by atoms with E-state index in [-0.39, 0.29) is 0 Å². The van der Waals surface area contributed by atoms with Crippen molar-refractivity contribution >= 4 is 0 Å². The van der Waals surface area contributed by atoms with Crippen molar-refractivity contribution in [2.24, 2.45) is 5.73 Å². The highest BCUT2D eigenvalue weighted by molar-refractivity contribution is 5.14. The third-order valence-electron chi connectivity index (χ3n) is 2.03. The number of rotatable bonds is 3. The third kappa shape index (κ3) is 1.88. The average Bonchev–Trinajstić information content (AvgIpc) is 2.46. The Morgan fingerprint density at radius 1 is 1.31 bits per heavy atom. The Labute approximate surface area is 79.1 Å². The molecule has 0 aromatic carbocycles. The lowest BCUT2D eigenvalue weighted by molar-refractivity contribution is 0.484. The average molecular weight is 182 g/mol. The Morgan fingerprint density at radius 2 is 1.92 bits per heavy atom. The van der Waals surface area contributed by atoms with Crippen LogP contribution in [0.5, 0.6) is 0 Å². The van der Waals surface area contributed by atoms with Gasteiger partial charge < -0.3 is 5.73 Å². The predicted molar refractivity (Wildman–Crippen MR) is 52.4 cm³/mol. The van der Waals surface area contributed by atoms with Crippen molar-refractivity contribution in [2.75, 3.05) is 0 Å². The maximum absolute atomic E-state index is 5.59. The Bertz CT molecular complexity index is 275. The van der Waals surface area contributed by atoms with E-state index in [1.165, 1.54) is 0 Å². The van der Waals surface area contributed by atoms with Gasteiger partial charge in [0.25, 0.3) is 0 Å². The standard InChI is InChI=1S/C9H18N4/c1-6(2)9-8(5-10)11-12-13(9)7(3)4/h6-7H,5,10H2,1-4H3. The van der Waals surface area contributed by atoms with Crippen LogP contribution in [0.4, 0.5) is 0 Å². The quantitative estimate of drug-likeness (QED) is 0.769. The van der Waals surface area contributed by atoms with Gasteiger partial charge >= 0.3 is 0 Å². The summed E-state index contributed by atoms with van der Waals surface area (Å²) < 4.78 is 1.95. The molecule has 0 spiro atoms. The van der Waals surface area contributed by atoms with E-state index in [0.29, 0.717) is 18.5 Å². The van der Waals surface area contributed by atoms with Gasteiger partial charge in [-0.25, -0.2) is 4.68 Å². The lowest BCUT2D eigenvalue weighted by Crippen LogP contribution is -2.11. The molecule has 0 aliphatic carbocycles. The van der Waals surface area contributed by atoms with Gasteiger partial charge in [-0.05, 0) is 19.8 Å². The first kappa shape index (κ1) is 10.2. The topological polar surface area (TPSA) is 56.7 Å². The first-order valence-electron chi connectivity index (χ1n) is 4.72. The summed E-state index contributed by atoms with van der Waals surface area (Å²) in [6.45, 7) is 8.94. The first-order chi connectivity index (χ1) is 6.07. The molecule has 1 aromatic rings. The molecule has 0 fully saturated rings. The largest absolute Gasteiger partial charge is 0.325 e. The summed E-state index contributed by atoms with van der Waals surface area (Å²) in [7, 11) is 0. The van der Waals surface area contributed by atoms with Crippen molar-refractivity contribution in [1.29, 1.82) is 0 Å². The second kappa shape index (κ2) is 3.87. The molecule has 1 rings (SSSR count). The van der Waals surface area contributed by atoms with Crippen LogP contribution in [0.2, 0.25) is 0 Å². The minimum absolute atomic E-state index is 0.352. The van der Waals surface area contributed by atoms with E-state index < -0.39 is 0 Å². The molecule has 0 saturated carbocycles. The molecule has 0 amide bonds. The molecule has 1 heterocycles. The van der Waals surface area contributed by atoms with Crippen molar-refractivity contribution in [3.8, 4) is 0 Å². The van der Waals surface area contributed by atoms with E-state index >= 15 is 0 Å². The monoisotopic (exact) mass is 182 g/mol. The number of hydrogen-bond donors (Lipinski definition) is 1. The van der Waals surface area contributed by atoms with Crippen LogP contribution in [0.15, 0.2) is 0 Å². The van der Waals surface area contributed by atoms with Gasteiger partial charge in [-0.15, -0.1) is 5.10 Å². The van der Waals surface area contributed by atoms with Crippen LogP contribution >= 0.6 is 0 Å². The molecule has 0 radical (unpaired) electrons. The van der Waals surface area contributed by atoms with Crippen molar-refractivity contribution in [1.82, 2.24) is 15.0 Å². The molecular formula is C9H18N4. The number of nitrogens with two attached hydrogens (primary N) is 1. The van der Waals surface area contributed by atoms with Gasteiger partial charge in [0.05, 0.1) is 11.4 Å². The lowest BCUT2D eigenvalue weighted by atomic mass is 10.1. The molecule has 13 heavy (non-hydrogen) atoms. The van der Waals surface area contributed by atoms with E-state index in [0.717, 1.165) is 11.4 Å². The summed E-state index contributed by atoms with van der Waals surface area (Å²) in [5.41, 5.74) is 7.67. The second-order valence-electron chi connectivity index (χ2n) is 3.82. The molecule has 1 aromatic heterocycles. The van der Waals surface area contributed by atoms with E-state index in [9.17, 15) is 0 Å². The Morgan fingerprint density at radius 3 is 2.31 bits per heavy atom. The van der Waals surface area contributed by atoms with Gasteiger partial charge in [0.15, 0.2) is 0 Å². The van der Waals surface area contributed by atoms with Crippen LogP contribution in [0.1, 0.15) is 51.0 Å². The zero-order valence-electron chi connectivity index (χ0n) is 8.78. The summed E-state index contributed by atoms with van der Waals surface area (Å²) in [6.07, 6.45) is 0. The predicted octanol–water partition coefficient (Wildman–Crippen LogP) is 1.44. The first-order valence-corrected chi connectivity index (χ1v) is 4.72. The van der Waals surface area contributed by atoms with Crippen LogP contribution in [0.25, 0.3) is 0 Å². The van der Waals surface area contributed by atoms with Crippen molar-refractivity contribution < 1.29 is 0 Å². The molecule has 0 unspecified atom stereocenters. The maximum Gasteiger partial charge on any atom is 0.0997 e. The zero-order valence-corrected chi connectivity index (χ0v) is 8.78. The molecule has 74 valence electrons. The van der Waals surface area contributed by atoms with Crippen LogP contribution < -0.4 is 5.73 Å². The highest BCUT2D eigenvalue weighted by Gasteiger charge is 2.16. The fraction of sp³-hybridized carbons (Fsp3) is 0.778. The number of aromatic nitrogens is 3. The highest BCUT2D eigenvalue weighted by atomic mass is 15.4. The van der Waals surface area contributed by atoms with E-state index in [4.69, 9.17) is 5.73 Å². The molecule has 0 aliphatic rings. The van der Waals surface area contributed by atoms with Crippen LogP contribution in [-0.2, 0) is 6.54 Å². The van der Waals surface area contributed by atoms with Crippen LogP contribution in [0, 0.1) is 0 Å². The van der Waals surface area contributed by atoms with Gasteiger partial charge in [0, 0.05) is 12.6 Å². The molecule has 0 atom stereocenters. The smallest absolute Gasteiger partial charge is 0.0997 e. The lowest BCUT2D eigenvalue weighted by Gasteiger charge is -2.12. The molecular weight excluding hydrogens is 164 g/mol. The summed E-state index contributed by atoms with van der Waals surface area (Å²) in [5, 5.41) is 8.16. The fourth-order valence-electron chi connectivity index (χ4n) is 1.46. The Kier molecular flexibility index (Phi) is 3.03. The van der Waals surface area contributed by atoms with E-state index in [1.54, 1.807) is 0 Å². The molecule has 2 N–H and O–H groups in total. The third-order valence-corrected chi connectivity index (χ3v) is 2.03. The molecule has 0 aliphatic heterocycles. The molecule has 4 heteroatoms. The summed E-state index contributed by atoms with van der Waals surface area (Å²) in [5.74, 6) is 0.427. The molecule has 0 saturated heterocycles. The van der Waals surface area contributed by atoms with E-state index in [1.807, 2.05) is 4.68 Å². The highest BCUT2D eigenvalue weighted by Crippen LogP contribution is 2.20. The van der Waals surface area contributed by atoms with Gasteiger partial charge in [-0.2, -0.15) is 0 Å². The molecule has 4 nitrogen and oxygen atoms in total. The minimum Gasteiger partial charge on any atom is -0.325 e. The summed E-state index contributed by atoms with van der Waals surface area (Å²) in [6, 6.07) is 0.352. The SMILES string of the molecule is CC(C)c1c(CN)nnn1C(C)C. The Hall–Kier alpha value is -0.900. The number of nitrogens with zero attached hydrogens (tertiary/aromatic N) is 3. The van der Waals surface area contributed by atoms with E-state index in [2.05, 4.69) is 38.0 Å². The number of hydrogen-bond acceptors (Lipinski definition) is 3. The van der Waals surface area contributed by atoms with Gasteiger partial charge in [0.1, 0.15) is 0 Å². The van der Waals surface area contributed by atoms with Crippen molar-refractivity contribution in [3.63, 3.8) is 0 Å². The Balaban J connectivity index is 3.14. The zero-order chi connectivity index (χ0) is 10.0. The van der Waals surface area contributed by atoms with Gasteiger partial charge in [-0.3, -0.25) is 0 Å². The fourth-order valence-corrected chi connectivity index (χ4v) is 1.46. The van der Waals surface area contributed by atoms with Gasteiger partial charge in [-0.1, -0.05) is 19.1 Å². The summed E-state index contributed by atoms with van der Waals surface area (Å²) >= 11 is 0. The van der Waals surface area contributed by atoms with Crippen LogP contribution in [-0.4, -0.2) is 15.0 Å². The van der Waals surface area contributed by atoms with Crippen molar-refractivity contribution in [2.45, 2.75) is 46.2 Å². The van der Waals surface area contributed by atoms with Crippen LogP contribution in [0.3, 0.4) is 0 Å². The minimum atomic E-state index is 0.352. The normalized spacial score (nSPS) is 11.6. The molecule has 0 bridgehead atoms.